The highest BCUT2D eigenvalue weighted by Crippen LogP contribution is 2.26. The van der Waals surface area contributed by atoms with Crippen LogP contribution >= 0.6 is 15.9 Å². The van der Waals surface area contributed by atoms with Gasteiger partial charge in [-0.25, -0.2) is 47.9 Å². The first-order valence-corrected chi connectivity index (χ1v) is 41.6. The van der Waals surface area contributed by atoms with Crippen molar-refractivity contribution in [1.29, 1.82) is 0 Å². The number of halogens is 1. The third-order valence-corrected chi connectivity index (χ3v) is 17.5. The number of hydrogen-bond donors (Lipinski definition) is 8. The van der Waals surface area contributed by atoms with Crippen LogP contribution < -0.4 is 26.6 Å². The molecule has 2 aromatic carbocycles. The number of aliphatic hydroxyl groups excluding tert-OH is 1. The van der Waals surface area contributed by atoms with Crippen molar-refractivity contribution < 1.29 is 130 Å². The maximum Gasteiger partial charge on any atom is 0.408 e. The topological polar surface area (TPSA) is 444 Å². The second-order valence-electron chi connectivity index (χ2n) is 33.7. The number of rotatable bonds is 33. The average Bonchev–Trinajstić information content (AvgIpc) is 1.86. The first-order chi connectivity index (χ1) is 54.7. The lowest BCUT2D eigenvalue weighted by molar-refractivity contribution is -0.153. The number of ether oxygens (including phenoxy) is 11. The van der Waals surface area contributed by atoms with E-state index in [1.54, 1.807) is 104 Å². The Balaban J connectivity index is 0.000000499. The number of nitrogens with one attached hydrogen (secondary N) is 5. The number of carboxylic acids is 2. The zero-order valence-electron chi connectivity index (χ0n) is 71.2. The van der Waals surface area contributed by atoms with Gasteiger partial charge in [-0.15, -0.1) is 0 Å². The van der Waals surface area contributed by atoms with Crippen molar-refractivity contribution in [3.63, 3.8) is 0 Å². The van der Waals surface area contributed by atoms with Crippen LogP contribution in [0.15, 0.2) is 60.7 Å². The Morgan fingerprint density at radius 3 is 0.838 bits per heavy atom. The Kier molecular flexibility index (Phi) is 48.2. The lowest BCUT2D eigenvalue weighted by Crippen LogP contribution is -2.45. The zero-order chi connectivity index (χ0) is 88.0. The second-order valence-corrected chi connectivity index (χ2v) is 34.5. The summed E-state index contributed by atoms with van der Waals surface area (Å²) < 4.78 is 57.7. The zero-order valence-corrected chi connectivity index (χ0v) is 72.8. The predicted octanol–water partition coefficient (Wildman–Crippen LogP) is 14.3. The highest BCUT2D eigenvalue weighted by molar-refractivity contribution is 9.09. The Labute approximate surface area is 697 Å². The van der Waals surface area contributed by atoms with Gasteiger partial charge in [0.05, 0.1) is 0 Å². The molecule has 0 aromatic heterocycles. The van der Waals surface area contributed by atoms with Gasteiger partial charge < -0.3 is 94.0 Å². The summed E-state index contributed by atoms with van der Waals surface area (Å²) in [5, 5.41) is 39.9. The maximum absolute atomic E-state index is 12.5. The van der Waals surface area contributed by atoms with Crippen LogP contribution in [-0.4, -0.2) is 188 Å². The van der Waals surface area contributed by atoms with Gasteiger partial charge in [0, 0.05) is 31.2 Å². The van der Waals surface area contributed by atoms with Crippen molar-refractivity contribution in [2.45, 2.75) is 367 Å². The number of esters is 6. The van der Waals surface area contributed by atoms with E-state index in [0.717, 1.165) is 126 Å². The number of carboxylic acid groups (broad SMARTS) is 2. The van der Waals surface area contributed by atoms with E-state index in [1.807, 2.05) is 60.7 Å². The van der Waals surface area contributed by atoms with Gasteiger partial charge in [0.1, 0.15) is 95.8 Å². The fourth-order valence-corrected chi connectivity index (χ4v) is 11.8. The van der Waals surface area contributed by atoms with Gasteiger partial charge in [0.25, 0.3) is 0 Å². The predicted molar refractivity (Wildman–Crippen MR) is 434 cm³/mol. The molecule has 5 amide bonds. The van der Waals surface area contributed by atoms with E-state index in [-0.39, 0.29) is 88.7 Å². The molecule has 0 aliphatic heterocycles. The first-order valence-electron chi connectivity index (χ1n) is 40.5. The fourth-order valence-electron chi connectivity index (χ4n) is 11.5. The lowest BCUT2D eigenvalue weighted by Gasteiger charge is -2.23. The van der Waals surface area contributed by atoms with Crippen LogP contribution in [0.2, 0.25) is 0 Å². The second kappa shape index (κ2) is 54.1. The Bertz CT molecular complexity index is 3270. The number of amides is 5. The molecule has 4 fully saturated rings. The minimum Gasteiger partial charge on any atom is -0.481 e. The molecule has 0 bridgehead atoms. The van der Waals surface area contributed by atoms with Crippen LogP contribution in [0.5, 0.6) is 0 Å². The van der Waals surface area contributed by atoms with Crippen LogP contribution in [0, 0.1) is 0 Å². The summed E-state index contributed by atoms with van der Waals surface area (Å²) in [5.74, 6) is -5.19. The molecular weight excluding hydrogens is 1590 g/mol. The van der Waals surface area contributed by atoms with E-state index >= 15 is 0 Å². The number of alkyl halides is 1. The molecule has 0 radical (unpaired) electrons. The molecule has 2 aromatic rings. The lowest BCUT2D eigenvalue weighted by atomic mass is 10.1. The molecule has 4 aliphatic rings. The fraction of sp³-hybridized carbons (Fsp3) is 0.702. The van der Waals surface area contributed by atoms with Crippen LogP contribution in [0.4, 0.5) is 24.0 Å². The number of carbonyl (C=O) groups is 13. The summed E-state index contributed by atoms with van der Waals surface area (Å²) in [6.45, 7) is 26.2. The monoisotopic (exact) mass is 1720 g/mol. The molecule has 117 heavy (non-hydrogen) atoms. The van der Waals surface area contributed by atoms with Gasteiger partial charge in [-0.2, -0.15) is 0 Å². The molecule has 4 aliphatic carbocycles. The number of alkyl carbamates (subject to hydrolysis) is 5. The van der Waals surface area contributed by atoms with Gasteiger partial charge in [-0.1, -0.05) is 76.6 Å². The SMILES string of the molecule is CC(C)(C)OC(=O)N[C@@H](CCC(=O)O)C(=O)OC1CCCC1.CC(C)(C)OC(=O)N[C@@H](CCC(=O)OCc1ccccc1)C(=O)O.CC(C)(C)OC(=O)N[C@@H](CCC(=O)OCc1ccccc1)C(=O)OC1CCCC1.CC(C)(C)OC(=O)N[C@@H](CCCBr)C(=O)OC1CCCC1.CC(C)(C)OC(=O)N[C@@H](CCCO)C(=O)OC1CCCC1. The Morgan fingerprint density at radius 1 is 0.359 bits per heavy atom. The Morgan fingerprint density at radius 2 is 0.598 bits per heavy atom. The Hall–Kier alpha value is -9.01. The summed E-state index contributed by atoms with van der Waals surface area (Å²) >= 11 is 3.33. The number of aliphatic carboxylic acids is 2. The minimum absolute atomic E-state index is 0.00408. The molecular formula is C84H132BrN5O27. The van der Waals surface area contributed by atoms with Gasteiger partial charge >= 0.3 is 78.2 Å². The molecule has 32 nitrogen and oxygen atoms in total. The van der Waals surface area contributed by atoms with Crippen molar-refractivity contribution in [3.8, 4) is 0 Å². The van der Waals surface area contributed by atoms with Crippen molar-refractivity contribution in [3.05, 3.63) is 71.8 Å². The van der Waals surface area contributed by atoms with Crippen molar-refractivity contribution in [2.24, 2.45) is 0 Å². The molecule has 0 spiro atoms. The minimum atomic E-state index is -1.24. The van der Waals surface area contributed by atoms with Crippen LogP contribution in [0.1, 0.15) is 282 Å². The van der Waals surface area contributed by atoms with E-state index in [0.29, 0.717) is 19.3 Å². The van der Waals surface area contributed by atoms with Crippen LogP contribution in [-0.2, 0) is 104 Å². The summed E-state index contributed by atoms with van der Waals surface area (Å²) in [6, 6.07) is 13.9. The molecule has 0 saturated heterocycles. The molecule has 662 valence electrons. The van der Waals surface area contributed by atoms with Gasteiger partial charge in [-0.05, 0) is 263 Å². The smallest absolute Gasteiger partial charge is 0.408 e. The number of benzene rings is 2. The third kappa shape index (κ3) is 53.1. The van der Waals surface area contributed by atoms with E-state index in [2.05, 4.69) is 42.5 Å². The van der Waals surface area contributed by atoms with Gasteiger partial charge in [0.2, 0.25) is 0 Å². The van der Waals surface area contributed by atoms with Gasteiger partial charge in [0.15, 0.2) is 0 Å². The summed E-state index contributed by atoms with van der Waals surface area (Å²) in [5.41, 5.74) is -1.62. The molecule has 6 rings (SSSR count). The summed E-state index contributed by atoms with van der Waals surface area (Å²) in [4.78, 5) is 154. The van der Waals surface area contributed by atoms with E-state index in [1.165, 1.54) is 0 Å². The molecule has 8 N–H and O–H groups in total. The number of carbonyl (C=O) groups excluding carboxylic acids is 11. The first kappa shape index (κ1) is 104. The van der Waals surface area contributed by atoms with Crippen LogP contribution in [0.3, 0.4) is 0 Å². The largest absolute Gasteiger partial charge is 0.481 e. The van der Waals surface area contributed by atoms with E-state index in [4.69, 9.17) is 67.4 Å². The highest BCUT2D eigenvalue weighted by Gasteiger charge is 2.35. The van der Waals surface area contributed by atoms with Crippen molar-refractivity contribution >= 4 is 94.2 Å². The summed E-state index contributed by atoms with van der Waals surface area (Å²) in [6.07, 6.45) is 13.1. The van der Waals surface area contributed by atoms with Gasteiger partial charge in [-0.3, -0.25) is 14.4 Å². The number of hydrogen-bond acceptors (Lipinski definition) is 25. The number of aliphatic hydroxyl groups is 1. The molecule has 4 saturated carbocycles. The third-order valence-electron chi connectivity index (χ3n) is 16.9. The standard InChI is InChI=1S/C22H31NO6.C17H23NO6.C15H26BrNO4.C15H25NO6.C15H27NO5/c1-22(2,3)29-21(26)23-18(20(25)28-17-11-7-8-12-17)13-14-19(24)27-15-16-9-5-4-6-10-16;1-17(2,3)24-16(22)18-13(15(20)21)9-10-14(19)23-11-12-7-5-4-6-8-12;1-15(2,3)21-14(19)17-12(9-6-10-16)13(18)20-11-7-4-5-8-11;1-15(2,3)22-14(20)16-11(8-9-12(17)18)13(19)21-10-6-4-5-7-10;1-15(2,3)21-14(19)16-12(9-6-10-17)13(18)20-11-7-4-5-8-11/h4-6,9-10,17-18H,7-8,11-15H2,1-3H3,(H,23,26);4-8,13H,9-11H2,1-3H3,(H,18,22)(H,20,21);11-12H,4-10H2,1-3H3,(H,17,19);10-11H,4-9H2,1-3H3,(H,16,20)(H,17,18);11-12,17H,4-10H2,1-3H3,(H,16,19)/t18-;13-;12-;11-;12-/m00000/s1. The average molecular weight is 1720 g/mol. The van der Waals surface area contributed by atoms with E-state index < -0.39 is 130 Å². The van der Waals surface area contributed by atoms with Crippen molar-refractivity contribution in [2.75, 3.05) is 11.9 Å². The van der Waals surface area contributed by atoms with Crippen molar-refractivity contribution in [1.82, 2.24) is 26.6 Å². The molecule has 5 atom stereocenters. The maximum atomic E-state index is 12.5. The normalized spacial score (nSPS) is 15.7. The molecule has 0 unspecified atom stereocenters. The molecule has 0 heterocycles. The highest BCUT2D eigenvalue weighted by atomic mass is 79.9. The van der Waals surface area contributed by atoms with Crippen LogP contribution in [0.25, 0.3) is 0 Å². The summed E-state index contributed by atoms with van der Waals surface area (Å²) in [7, 11) is 0. The molecule has 33 heteroatoms. The van der Waals surface area contributed by atoms with E-state index in [9.17, 15) is 62.3 Å². The quantitative estimate of drug-likeness (QED) is 0.0187.